The molecule has 0 spiro atoms. The number of fused-ring (bicyclic) bond motifs is 1. The van der Waals surface area contributed by atoms with E-state index in [0.717, 1.165) is 25.4 Å². The molecule has 4 nitrogen and oxygen atoms in total. The summed E-state index contributed by atoms with van der Waals surface area (Å²) in [6.07, 6.45) is 3.72. The van der Waals surface area contributed by atoms with Gasteiger partial charge in [0.05, 0.1) is 6.54 Å². The predicted octanol–water partition coefficient (Wildman–Crippen LogP) is 1.57. The van der Waals surface area contributed by atoms with E-state index in [1.807, 2.05) is 23.0 Å². The maximum atomic E-state index is 5.72. The van der Waals surface area contributed by atoms with Crippen molar-refractivity contribution in [3.05, 3.63) is 47.8 Å². The van der Waals surface area contributed by atoms with E-state index in [9.17, 15) is 0 Å². The average molecular weight is 229 g/mol. The third kappa shape index (κ3) is 2.31. The van der Waals surface area contributed by atoms with Crippen molar-refractivity contribution in [3.63, 3.8) is 0 Å². The minimum Gasteiger partial charge on any atom is -0.492 e. The van der Waals surface area contributed by atoms with Gasteiger partial charge < -0.3 is 10.1 Å². The number of aromatic nitrogens is 2. The van der Waals surface area contributed by atoms with Crippen molar-refractivity contribution in [3.8, 4) is 5.75 Å². The molecule has 0 fully saturated rings. The Kier molecular flexibility index (Phi) is 2.80. The zero-order chi connectivity index (χ0) is 11.5. The van der Waals surface area contributed by atoms with E-state index >= 15 is 0 Å². The highest BCUT2D eigenvalue weighted by atomic mass is 16.5. The summed E-state index contributed by atoms with van der Waals surface area (Å²) in [5, 5.41) is 7.46. The Labute approximate surface area is 100 Å². The van der Waals surface area contributed by atoms with Crippen LogP contribution in [0.1, 0.15) is 11.1 Å². The molecule has 0 aliphatic carbocycles. The Balaban J connectivity index is 1.58. The van der Waals surface area contributed by atoms with Gasteiger partial charge in [0.1, 0.15) is 12.4 Å². The van der Waals surface area contributed by atoms with Crippen LogP contribution in [0.25, 0.3) is 0 Å². The van der Waals surface area contributed by atoms with E-state index in [1.165, 1.54) is 11.1 Å². The van der Waals surface area contributed by atoms with Crippen LogP contribution >= 0.6 is 0 Å². The second-order valence-corrected chi connectivity index (χ2v) is 4.15. The fourth-order valence-corrected chi connectivity index (χ4v) is 2.05. The lowest BCUT2D eigenvalue weighted by molar-refractivity contribution is 0.291. The summed E-state index contributed by atoms with van der Waals surface area (Å²) in [5.41, 5.74) is 2.73. The van der Waals surface area contributed by atoms with E-state index in [-0.39, 0.29) is 0 Å². The minimum absolute atomic E-state index is 0.647. The minimum atomic E-state index is 0.647. The van der Waals surface area contributed by atoms with Gasteiger partial charge in [0, 0.05) is 25.5 Å². The van der Waals surface area contributed by atoms with Crippen molar-refractivity contribution in [2.45, 2.75) is 19.6 Å². The molecule has 17 heavy (non-hydrogen) atoms. The van der Waals surface area contributed by atoms with Gasteiger partial charge in [-0.1, -0.05) is 6.07 Å². The molecule has 1 aliphatic rings. The van der Waals surface area contributed by atoms with Gasteiger partial charge >= 0.3 is 0 Å². The quantitative estimate of drug-likeness (QED) is 0.865. The van der Waals surface area contributed by atoms with Crippen LogP contribution in [0, 0.1) is 0 Å². The number of rotatable bonds is 4. The third-order valence-corrected chi connectivity index (χ3v) is 2.96. The Hall–Kier alpha value is -1.81. The average Bonchev–Trinajstić information content (AvgIpc) is 2.98. The Bertz CT molecular complexity index is 493. The lowest BCUT2D eigenvalue weighted by Gasteiger charge is -2.07. The standard InChI is InChI=1S/C13H15N3O/c1-4-15-16(5-1)6-7-17-13-3-2-11-9-14-10-12(11)8-13/h1-5,8,14H,6-7,9-10H2. The molecule has 0 unspecified atom stereocenters. The van der Waals surface area contributed by atoms with Crippen molar-refractivity contribution < 1.29 is 4.74 Å². The van der Waals surface area contributed by atoms with Crippen molar-refractivity contribution in [1.29, 1.82) is 0 Å². The van der Waals surface area contributed by atoms with Crippen LogP contribution in [0.5, 0.6) is 5.75 Å². The molecule has 1 aliphatic heterocycles. The van der Waals surface area contributed by atoms with Crippen LogP contribution in [0.2, 0.25) is 0 Å². The van der Waals surface area contributed by atoms with Crippen LogP contribution < -0.4 is 10.1 Å². The molecule has 1 aromatic carbocycles. The zero-order valence-electron chi connectivity index (χ0n) is 9.60. The molecule has 0 atom stereocenters. The SMILES string of the molecule is c1cnn(CCOc2ccc3c(c2)CNC3)c1. The second-order valence-electron chi connectivity index (χ2n) is 4.15. The number of ether oxygens (including phenoxy) is 1. The highest BCUT2D eigenvalue weighted by Gasteiger charge is 2.10. The maximum Gasteiger partial charge on any atom is 0.119 e. The van der Waals surface area contributed by atoms with E-state index in [1.54, 1.807) is 6.20 Å². The summed E-state index contributed by atoms with van der Waals surface area (Å²) in [5.74, 6) is 0.944. The van der Waals surface area contributed by atoms with Gasteiger partial charge in [0.25, 0.3) is 0 Å². The van der Waals surface area contributed by atoms with E-state index in [0.29, 0.717) is 6.61 Å². The second kappa shape index (κ2) is 4.59. The Morgan fingerprint density at radius 1 is 1.29 bits per heavy atom. The molecule has 2 heterocycles. The van der Waals surface area contributed by atoms with Gasteiger partial charge in [0.2, 0.25) is 0 Å². The molecule has 1 aromatic heterocycles. The summed E-state index contributed by atoms with van der Waals surface area (Å²) in [4.78, 5) is 0. The predicted molar refractivity (Wildman–Crippen MR) is 64.7 cm³/mol. The molecular weight excluding hydrogens is 214 g/mol. The van der Waals surface area contributed by atoms with Crippen LogP contribution in [0.4, 0.5) is 0 Å². The van der Waals surface area contributed by atoms with Gasteiger partial charge in [-0.3, -0.25) is 4.68 Å². The highest BCUT2D eigenvalue weighted by Crippen LogP contribution is 2.21. The molecule has 0 bridgehead atoms. The van der Waals surface area contributed by atoms with Crippen molar-refractivity contribution >= 4 is 0 Å². The normalized spacial score (nSPS) is 13.6. The number of benzene rings is 1. The highest BCUT2D eigenvalue weighted by molar-refractivity contribution is 5.37. The third-order valence-electron chi connectivity index (χ3n) is 2.96. The monoisotopic (exact) mass is 229 g/mol. The fraction of sp³-hybridized carbons (Fsp3) is 0.308. The van der Waals surface area contributed by atoms with E-state index in [2.05, 4.69) is 22.5 Å². The molecule has 88 valence electrons. The molecule has 0 saturated heterocycles. The topological polar surface area (TPSA) is 39.1 Å². The number of nitrogens with one attached hydrogen (secondary N) is 1. The van der Waals surface area contributed by atoms with Gasteiger partial charge in [0.15, 0.2) is 0 Å². The number of hydrogen-bond acceptors (Lipinski definition) is 3. The fourth-order valence-electron chi connectivity index (χ4n) is 2.05. The lowest BCUT2D eigenvalue weighted by atomic mass is 10.1. The number of nitrogens with zero attached hydrogens (tertiary/aromatic N) is 2. The first kappa shape index (κ1) is 10.4. The van der Waals surface area contributed by atoms with Crippen molar-refractivity contribution in [2.75, 3.05) is 6.61 Å². The summed E-state index contributed by atoms with van der Waals surface area (Å²) in [7, 11) is 0. The van der Waals surface area contributed by atoms with E-state index < -0.39 is 0 Å². The van der Waals surface area contributed by atoms with Gasteiger partial charge in [-0.05, 0) is 29.3 Å². The maximum absolute atomic E-state index is 5.72. The molecule has 1 N–H and O–H groups in total. The molecule has 2 aromatic rings. The summed E-state index contributed by atoms with van der Waals surface area (Å²) in [6, 6.07) is 8.22. The Morgan fingerprint density at radius 3 is 3.12 bits per heavy atom. The molecule has 0 amide bonds. The van der Waals surface area contributed by atoms with Crippen LogP contribution in [0.3, 0.4) is 0 Å². The van der Waals surface area contributed by atoms with E-state index in [4.69, 9.17) is 4.74 Å². The van der Waals surface area contributed by atoms with Gasteiger partial charge in [-0.2, -0.15) is 5.10 Å². The molecule has 0 saturated carbocycles. The lowest BCUT2D eigenvalue weighted by Crippen LogP contribution is -2.08. The summed E-state index contributed by atoms with van der Waals surface area (Å²) < 4.78 is 7.59. The zero-order valence-corrected chi connectivity index (χ0v) is 9.60. The molecular formula is C13H15N3O. The van der Waals surface area contributed by atoms with Gasteiger partial charge in [-0.25, -0.2) is 0 Å². The first-order valence-corrected chi connectivity index (χ1v) is 5.84. The molecule has 3 rings (SSSR count). The van der Waals surface area contributed by atoms with Gasteiger partial charge in [-0.15, -0.1) is 0 Å². The van der Waals surface area contributed by atoms with Crippen LogP contribution in [-0.4, -0.2) is 16.4 Å². The smallest absolute Gasteiger partial charge is 0.119 e. The largest absolute Gasteiger partial charge is 0.492 e. The van der Waals surface area contributed by atoms with Crippen molar-refractivity contribution in [2.24, 2.45) is 0 Å². The summed E-state index contributed by atoms with van der Waals surface area (Å²) in [6.45, 7) is 3.35. The number of hydrogen-bond donors (Lipinski definition) is 1. The van der Waals surface area contributed by atoms with Crippen LogP contribution in [-0.2, 0) is 19.6 Å². The first-order chi connectivity index (χ1) is 8.42. The molecule has 0 radical (unpaired) electrons. The first-order valence-electron chi connectivity index (χ1n) is 5.84. The van der Waals surface area contributed by atoms with Crippen molar-refractivity contribution in [1.82, 2.24) is 15.1 Å². The van der Waals surface area contributed by atoms with Crippen LogP contribution in [0.15, 0.2) is 36.7 Å². The molecule has 4 heteroatoms. The Morgan fingerprint density at radius 2 is 2.24 bits per heavy atom. The summed E-state index contributed by atoms with van der Waals surface area (Å²) >= 11 is 0.